The van der Waals surface area contributed by atoms with E-state index in [1.807, 2.05) is 6.92 Å². The normalized spacial score (nSPS) is 12.9. The third kappa shape index (κ3) is 3.02. The first-order valence-corrected chi connectivity index (χ1v) is 8.62. The molecule has 0 radical (unpaired) electrons. The molecule has 0 aliphatic rings. The molecule has 2 heterocycles. The Bertz CT molecular complexity index is 600. The van der Waals surface area contributed by atoms with Crippen molar-refractivity contribution in [2.45, 2.75) is 47.1 Å². The van der Waals surface area contributed by atoms with E-state index in [-0.39, 0.29) is 6.04 Å². The number of aryl methyl sites for hydroxylation is 3. The molecule has 2 nitrogen and oxygen atoms in total. The summed E-state index contributed by atoms with van der Waals surface area (Å²) in [4.78, 5) is 1.35. The zero-order valence-electron chi connectivity index (χ0n) is 12.8. The Balaban J connectivity index is 2.50. The van der Waals surface area contributed by atoms with Crippen molar-refractivity contribution in [3.8, 4) is 0 Å². The number of nitrogens with one attached hydrogen (secondary N) is 1. The lowest BCUT2D eigenvalue weighted by atomic mass is 9.96. The molecule has 2 rings (SSSR count). The van der Waals surface area contributed by atoms with Crippen LogP contribution in [0.3, 0.4) is 0 Å². The predicted molar refractivity (Wildman–Crippen MR) is 89.8 cm³/mol. The molecule has 1 N–H and O–H groups in total. The Kier molecular flexibility index (Phi) is 5.10. The van der Waals surface area contributed by atoms with Gasteiger partial charge in [0.2, 0.25) is 0 Å². The highest BCUT2D eigenvalue weighted by atomic mass is 79.9. The van der Waals surface area contributed by atoms with Crippen LogP contribution in [0, 0.1) is 27.7 Å². The van der Waals surface area contributed by atoms with Crippen LogP contribution in [0.15, 0.2) is 14.3 Å². The fourth-order valence-electron chi connectivity index (χ4n) is 2.64. The van der Waals surface area contributed by atoms with E-state index in [1.54, 1.807) is 11.3 Å². The molecule has 0 aliphatic carbocycles. The number of thiophene rings is 1. The van der Waals surface area contributed by atoms with Crippen molar-refractivity contribution in [2.24, 2.45) is 0 Å². The summed E-state index contributed by atoms with van der Waals surface area (Å²) in [6, 6.07) is 2.45. The second-order valence-electron chi connectivity index (χ2n) is 5.20. The lowest BCUT2D eigenvalue weighted by molar-refractivity contribution is 0.493. The first kappa shape index (κ1) is 15.8. The molecule has 4 heteroatoms. The Hall–Kier alpha value is -0.580. The van der Waals surface area contributed by atoms with Crippen molar-refractivity contribution >= 4 is 27.3 Å². The average molecular weight is 356 g/mol. The molecule has 0 bridgehead atoms. The van der Waals surface area contributed by atoms with Gasteiger partial charge in [0.15, 0.2) is 0 Å². The van der Waals surface area contributed by atoms with Crippen LogP contribution < -0.4 is 5.32 Å². The van der Waals surface area contributed by atoms with Crippen LogP contribution in [0.25, 0.3) is 0 Å². The van der Waals surface area contributed by atoms with Crippen molar-refractivity contribution in [1.82, 2.24) is 5.32 Å². The van der Waals surface area contributed by atoms with E-state index in [9.17, 15) is 0 Å². The van der Waals surface area contributed by atoms with E-state index in [4.69, 9.17) is 4.42 Å². The minimum atomic E-state index is 0.218. The SMILES string of the molecule is CCCNC(c1cc(Br)sc1C)c1c(C)oc(C)c1C. The average Bonchev–Trinajstić information content (AvgIpc) is 2.83. The van der Waals surface area contributed by atoms with Crippen molar-refractivity contribution in [3.63, 3.8) is 0 Å². The van der Waals surface area contributed by atoms with Crippen LogP contribution in [0.1, 0.15) is 52.5 Å². The van der Waals surface area contributed by atoms with Gasteiger partial charge in [-0.3, -0.25) is 0 Å². The summed E-state index contributed by atoms with van der Waals surface area (Å²) in [5.74, 6) is 2.04. The van der Waals surface area contributed by atoms with Gasteiger partial charge >= 0.3 is 0 Å². The molecule has 2 aromatic heterocycles. The highest BCUT2D eigenvalue weighted by molar-refractivity contribution is 9.11. The molecule has 1 unspecified atom stereocenters. The molecule has 0 saturated carbocycles. The van der Waals surface area contributed by atoms with Crippen LogP contribution in [0.5, 0.6) is 0 Å². The second kappa shape index (κ2) is 6.46. The third-order valence-electron chi connectivity index (χ3n) is 3.74. The van der Waals surface area contributed by atoms with E-state index in [0.717, 1.165) is 24.5 Å². The lowest BCUT2D eigenvalue weighted by Gasteiger charge is -2.19. The summed E-state index contributed by atoms with van der Waals surface area (Å²) in [7, 11) is 0. The summed E-state index contributed by atoms with van der Waals surface area (Å²) in [5.41, 5.74) is 3.91. The predicted octanol–water partition coefficient (Wildman–Crippen LogP) is 5.43. The maximum Gasteiger partial charge on any atom is 0.106 e. The van der Waals surface area contributed by atoms with Crippen LogP contribution in [0.2, 0.25) is 0 Å². The Labute approximate surface area is 133 Å². The van der Waals surface area contributed by atoms with E-state index in [1.165, 1.54) is 25.4 Å². The number of furan rings is 1. The monoisotopic (exact) mass is 355 g/mol. The molecule has 1 atom stereocenters. The van der Waals surface area contributed by atoms with Crippen molar-refractivity contribution in [3.05, 3.63) is 42.9 Å². The molecule has 2 aromatic rings. The standard InChI is InChI=1S/C16H22BrNOS/c1-6-7-18-16(13-8-14(17)20-12(13)5)15-9(2)10(3)19-11(15)4/h8,16,18H,6-7H2,1-5H3. The van der Waals surface area contributed by atoms with Crippen LogP contribution in [0.4, 0.5) is 0 Å². The minimum Gasteiger partial charge on any atom is -0.466 e. The fourth-order valence-corrected chi connectivity index (χ4v) is 4.38. The first-order valence-electron chi connectivity index (χ1n) is 7.01. The number of hydrogen-bond acceptors (Lipinski definition) is 3. The zero-order valence-corrected chi connectivity index (χ0v) is 15.2. The van der Waals surface area contributed by atoms with Gasteiger partial charge in [-0.05, 0) is 73.8 Å². The first-order chi connectivity index (χ1) is 9.45. The molecule has 0 aromatic carbocycles. The third-order valence-corrected chi connectivity index (χ3v) is 5.31. The van der Waals surface area contributed by atoms with E-state index in [0.29, 0.717) is 0 Å². The van der Waals surface area contributed by atoms with Crippen molar-refractivity contribution < 1.29 is 4.42 Å². The van der Waals surface area contributed by atoms with Crippen LogP contribution in [-0.2, 0) is 0 Å². The van der Waals surface area contributed by atoms with Gasteiger partial charge in [0.1, 0.15) is 11.5 Å². The number of rotatable bonds is 5. The lowest BCUT2D eigenvalue weighted by Crippen LogP contribution is -2.24. The highest BCUT2D eigenvalue weighted by Gasteiger charge is 2.24. The van der Waals surface area contributed by atoms with Gasteiger partial charge in [0, 0.05) is 10.4 Å². The van der Waals surface area contributed by atoms with Crippen LogP contribution in [-0.4, -0.2) is 6.54 Å². The molecule has 0 fully saturated rings. The number of halogens is 1. The maximum atomic E-state index is 5.83. The van der Waals surface area contributed by atoms with Crippen molar-refractivity contribution in [1.29, 1.82) is 0 Å². The topological polar surface area (TPSA) is 25.2 Å². The fraction of sp³-hybridized carbons (Fsp3) is 0.500. The van der Waals surface area contributed by atoms with Gasteiger partial charge in [0.05, 0.1) is 9.83 Å². The van der Waals surface area contributed by atoms with Gasteiger partial charge < -0.3 is 9.73 Å². The van der Waals surface area contributed by atoms with Crippen LogP contribution >= 0.6 is 27.3 Å². The summed E-state index contributed by atoms with van der Waals surface area (Å²) in [6.07, 6.45) is 1.12. The second-order valence-corrected chi connectivity index (χ2v) is 7.84. The molecule has 20 heavy (non-hydrogen) atoms. The maximum absolute atomic E-state index is 5.83. The smallest absolute Gasteiger partial charge is 0.106 e. The molecule has 0 aliphatic heterocycles. The molecular weight excluding hydrogens is 334 g/mol. The van der Waals surface area contributed by atoms with E-state index in [2.05, 4.69) is 55.0 Å². The largest absolute Gasteiger partial charge is 0.466 e. The summed E-state index contributed by atoms with van der Waals surface area (Å²) >= 11 is 5.39. The molecule has 0 amide bonds. The van der Waals surface area contributed by atoms with Gasteiger partial charge in [-0.15, -0.1) is 11.3 Å². The van der Waals surface area contributed by atoms with E-state index < -0.39 is 0 Å². The molecule has 110 valence electrons. The van der Waals surface area contributed by atoms with Gasteiger partial charge in [-0.25, -0.2) is 0 Å². The molecule has 0 spiro atoms. The Morgan fingerprint density at radius 1 is 1.25 bits per heavy atom. The Morgan fingerprint density at radius 2 is 1.95 bits per heavy atom. The quantitative estimate of drug-likeness (QED) is 0.773. The number of hydrogen-bond donors (Lipinski definition) is 1. The van der Waals surface area contributed by atoms with Gasteiger partial charge in [-0.1, -0.05) is 6.92 Å². The van der Waals surface area contributed by atoms with Gasteiger partial charge in [0.25, 0.3) is 0 Å². The summed E-state index contributed by atoms with van der Waals surface area (Å²) in [5, 5.41) is 3.68. The Morgan fingerprint density at radius 3 is 2.40 bits per heavy atom. The van der Waals surface area contributed by atoms with Crippen molar-refractivity contribution in [2.75, 3.05) is 6.54 Å². The van der Waals surface area contributed by atoms with Gasteiger partial charge in [-0.2, -0.15) is 0 Å². The molecular formula is C16H22BrNOS. The zero-order chi connectivity index (χ0) is 14.9. The minimum absolute atomic E-state index is 0.218. The van der Waals surface area contributed by atoms with E-state index >= 15 is 0 Å². The summed E-state index contributed by atoms with van der Waals surface area (Å²) < 4.78 is 7.01. The molecule has 0 saturated heterocycles. The summed E-state index contributed by atoms with van der Waals surface area (Å²) in [6.45, 7) is 11.6. The highest BCUT2D eigenvalue weighted by Crippen LogP contribution is 2.37.